The minimum Gasteiger partial charge on any atom is -0.236 e. The van der Waals surface area contributed by atoms with E-state index in [9.17, 15) is 0 Å². The van der Waals surface area contributed by atoms with Gasteiger partial charge in [0.1, 0.15) is 5.01 Å². The Morgan fingerprint density at radius 2 is 1.41 bits per heavy atom. The second-order valence-corrected chi connectivity index (χ2v) is 7.59. The summed E-state index contributed by atoms with van der Waals surface area (Å²) in [5, 5.41) is 3.22. The maximum Gasteiger partial charge on any atom is 0.124 e. The average molecular weight is 307 g/mol. The summed E-state index contributed by atoms with van der Waals surface area (Å²) in [6.07, 6.45) is 0. The molecule has 1 nitrogen and oxygen atoms in total. The molecule has 0 aliphatic heterocycles. The molecular weight excluding hydrogens is 286 g/mol. The van der Waals surface area contributed by atoms with Gasteiger partial charge in [0.05, 0.1) is 5.69 Å². The highest BCUT2D eigenvalue weighted by Crippen LogP contribution is 2.30. The zero-order valence-corrected chi connectivity index (χ0v) is 14.4. The summed E-state index contributed by atoms with van der Waals surface area (Å²) in [5.74, 6) is 0. The van der Waals surface area contributed by atoms with Crippen molar-refractivity contribution in [3.63, 3.8) is 0 Å². The first-order valence-corrected chi connectivity index (χ1v) is 8.45. The molecule has 22 heavy (non-hydrogen) atoms. The lowest BCUT2D eigenvalue weighted by Crippen LogP contribution is -2.10. The van der Waals surface area contributed by atoms with Crippen LogP contribution in [0.15, 0.2) is 53.9 Å². The molecule has 0 N–H and O–H groups in total. The van der Waals surface area contributed by atoms with E-state index in [2.05, 4.69) is 81.6 Å². The van der Waals surface area contributed by atoms with Crippen molar-refractivity contribution >= 4 is 11.3 Å². The molecule has 3 aromatic rings. The molecule has 1 aromatic heterocycles. The fraction of sp³-hybridized carbons (Fsp3) is 0.250. The van der Waals surface area contributed by atoms with Gasteiger partial charge in [-0.05, 0) is 17.9 Å². The summed E-state index contributed by atoms with van der Waals surface area (Å²) >= 11 is 1.70. The molecule has 2 heteroatoms. The number of rotatable bonds is 2. The first-order valence-electron chi connectivity index (χ1n) is 7.57. The molecule has 0 amide bonds. The standard InChI is InChI=1S/C20H21NS/c1-14-5-7-15(8-6-14)18-13-22-19(21-18)16-9-11-17(12-10-16)20(2,3)4/h5-13H,1-4H3. The molecule has 0 fully saturated rings. The van der Waals surface area contributed by atoms with Gasteiger partial charge in [0.2, 0.25) is 0 Å². The summed E-state index contributed by atoms with van der Waals surface area (Å²) in [5.41, 5.74) is 6.24. The maximum atomic E-state index is 4.79. The van der Waals surface area contributed by atoms with Crippen LogP contribution in [0.2, 0.25) is 0 Å². The van der Waals surface area contributed by atoms with Crippen LogP contribution in [0.1, 0.15) is 31.9 Å². The fourth-order valence-electron chi connectivity index (χ4n) is 2.38. The van der Waals surface area contributed by atoms with Gasteiger partial charge in [0, 0.05) is 16.5 Å². The molecule has 2 aromatic carbocycles. The minimum atomic E-state index is 0.189. The molecule has 3 rings (SSSR count). The second-order valence-electron chi connectivity index (χ2n) is 6.73. The van der Waals surface area contributed by atoms with Gasteiger partial charge in [0.25, 0.3) is 0 Å². The Kier molecular flexibility index (Phi) is 3.88. The number of thiazole rings is 1. The molecule has 0 aliphatic rings. The van der Waals surface area contributed by atoms with Crippen LogP contribution in [0, 0.1) is 6.92 Å². The largest absolute Gasteiger partial charge is 0.236 e. The Morgan fingerprint density at radius 3 is 2.00 bits per heavy atom. The number of hydrogen-bond acceptors (Lipinski definition) is 2. The zero-order valence-electron chi connectivity index (χ0n) is 13.6. The predicted molar refractivity (Wildman–Crippen MR) is 96.4 cm³/mol. The van der Waals surface area contributed by atoms with E-state index in [1.165, 1.54) is 22.3 Å². The van der Waals surface area contributed by atoms with Crippen LogP contribution in [0.5, 0.6) is 0 Å². The Balaban J connectivity index is 1.89. The smallest absolute Gasteiger partial charge is 0.124 e. The molecule has 0 saturated heterocycles. The van der Waals surface area contributed by atoms with Crippen LogP contribution in [0.3, 0.4) is 0 Å². The molecule has 0 spiro atoms. The van der Waals surface area contributed by atoms with E-state index in [1.807, 2.05) is 0 Å². The minimum absolute atomic E-state index is 0.189. The van der Waals surface area contributed by atoms with E-state index in [0.717, 1.165) is 10.7 Å². The number of aromatic nitrogens is 1. The van der Waals surface area contributed by atoms with Crippen molar-refractivity contribution in [1.82, 2.24) is 4.98 Å². The third kappa shape index (κ3) is 3.12. The molecule has 0 unspecified atom stereocenters. The predicted octanol–water partition coefficient (Wildman–Crippen LogP) is 6.08. The van der Waals surface area contributed by atoms with Crippen molar-refractivity contribution in [2.75, 3.05) is 0 Å². The summed E-state index contributed by atoms with van der Waals surface area (Å²) in [6, 6.07) is 17.3. The van der Waals surface area contributed by atoms with Crippen molar-refractivity contribution in [3.8, 4) is 21.8 Å². The highest BCUT2D eigenvalue weighted by atomic mass is 32.1. The third-order valence-corrected chi connectivity index (χ3v) is 4.74. The van der Waals surface area contributed by atoms with Gasteiger partial charge < -0.3 is 0 Å². The summed E-state index contributed by atoms with van der Waals surface area (Å²) in [4.78, 5) is 4.79. The van der Waals surface area contributed by atoms with Crippen LogP contribution < -0.4 is 0 Å². The number of aryl methyl sites for hydroxylation is 1. The Morgan fingerprint density at radius 1 is 0.818 bits per heavy atom. The molecule has 0 radical (unpaired) electrons. The van der Waals surface area contributed by atoms with Crippen molar-refractivity contribution in [2.24, 2.45) is 0 Å². The lowest BCUT2D eigenvalue weighted by Gasteiger charge is -2.18. The third-order valence-electron chi connectivity index (χ3n) is 3.85. The van der Waals surface area contributed by atoms with E-state index in [-0.39, 0.29) is 5.41 Å². The maximum absolute atomic E-state index is 4.79. The van der Waals surface area contributed by atoms with Crippen molar-refractivity contribution in [2.45, 2.75) is 33.1 Å². The van der Waals surface area contributed by atoms with E-state index in [4.69, 9.17) is 4.98 Å². The van der Waals surface area contributed by atoms with E-state index >= 15 is 0 Å². The van der Waals surface area contributed by atoms with Gasteiger partial charge in [-0.15, -0.1) is 11.3 Å². The van der Waals surface area contributed by atoms with Gasteiger partial charge in [-0.3, -0.25) is 0 Å². The first kappa shape index (κ1) is 15.0. The summed E-state index contributed by atoms with van der Waals surface area (Å²) < 4.78 is 0. The molecule has 0 saturated carbocycles. The quantitative estimate of drug-likeness (QED) is 0.559. The van der Waals surface area contributed by atoms with Crippen LogP contribution in [-0.4, -0.2) is 4.98 Å². The highest BCUT2D eigenvalue weighted by molar-refractivity contribution is 7.13. The molecule has 0 bridgehead atoms. The van der Waals surface area contributed by atoms with E-state index in [1.54, 1.807) is 11.3 Å². The van der Waals surface area contributed by atoms with E-state index in [0.29, 0.717) is 0 Å². The van der Waals surface area contributed by atoms with E-state index < -0.39 is 0 Å². The van der Waals surface area contributed by atoms with Crippen LogP contribution in [0.4, 0.5) is 0 Å². The average Bonchev–Trinajstić information content (AvgIpc) is 2.97. The lowest BCUT2D eigenvalue weighted by atomic mass is 9.87. The SMILES string of the molecule is Cc1ccc(-c2csc(-c3ccc(C(C)(C)C)cc3)n2)cc1. The van der Waals surface area contributed by atoms with Crippen LogP contribution >= 0.6 is 11.3 Å². The van der Waals surface area contributed by atoms with Crippen LogP contribution in [0.25, 0.3) is 21.8 Å². The normalized spacial score (nSPS) is 11.6. The van der Waals surface area contributed by atoms with Crippen LogP contribution in [-0.2, 0) is 5.41 Å². The van der Waals surface area contributed by atoms with Gasteiger partial charge in [-0.1, -0.05) is 74.9 Å². The van der Waals surface area contributed by atoms with Crippen molar-refractivity contribution < 1.29 is 0 Å². The highest BCUT2D eigenvalue weighted by Gasteiger charge is 2.14. The molecular formula is C20H21NS. The molecule has 112 valence electrons. The van der Waals surface area contributed by atoms with Gasteiger partial charge in [-0.2, -0.15) is 0 Å². The molecule has 1 heterocycles. The first-order chi connectivity index (χ1) is 10.4. The Hall–Kier alpha value is -1.93. The van der Waals surface area contributed by atoms with Crippen molar-refractivity contribution in [1.29, 1.82) is 0 Å². The zero-order chi connectivity index (χ0) is 15.7. The monoisotopic (exact) mass is 307 g/mol. The second kappa shape index (κ2) is 5.69. The van der Waals surface area contributed by atoms with Gasteiger partial charge in [-0.25, -0.2) is 4.98 Å². The number of benzene rings is 2. The topological polar surface area (TPSA) is 12.9 Å². The number of hydrogen-bond donors (Lipinski definition) is 0. The van der Waals surface area contributed by atoms with Gasteiger partial charge >= 0.3 is 0 Å². The summed E-state index contributed by atoms with van der Waals surface area (Å²) in [6.45, 7) is 8.82. The Bertz CT molecular complexity index is 759. The lowest BCUT2D eigenvalue weighted by molar-refractivity contribution is 0.590. The fourth-order valence-corrected chi connectivity index (χ4v) is 3.21. The molecule has 0 atom stereocenters. The molecule has 0 aliphatic carbocycles. The Labute approximate surface area is 136 Å². The van der Waals surface area contributed by atoms with Crippen molar-refractivity contribution in [3.05, 3.63) is 65.0 Å². The van der Waals surface area contributed by atoms with Gasteiger partial charge in [0.15, 0.2) is 0 Å². The number of nitrogens with zero attached hydrogens (tertiary/aromatic N) is 1. The summed E-state index contributed by atoms with van der Waals surface area (Å²) in [7, 11) is 0.